The molecule has 0 aromatic heterocycles. The van der Waals surface area contributed by atoms with Crippen LogP contribution in [-0.4, -0.2) is 7.11 Å². The Bertz CT molecular complexity index is 881. The smallest absolute Gasteiger partial charge is 0.142 e. The number of halogens is 1. The van der Waals surface area contributed by atoms with Crippen molar-refractivity contribution in [1.29, 1.82) is 0 Å². The number of benzene rings is 3. The average molecular weight is 384 g/mol. The Morgan fingerprint density at radius 3 is 2.35 bits per heavy atom. The number of fused-ring (bicyclic) bond motifs is 2. The molecule has 1 aliphatic heterocycles. The topological polar surface area (TPSA) is 12.5 Å². The molecule has 0 unspecified atom stereocenters. The van der Waals surface area contributed by atoms with Gasteiger partial charge in [0.2, 0.25) is 0 Å². The van der Waals surface area contributed by atoms with Gasteiger partial charge in [0.05, 0.1) is 24.2 Å². The Kier molecular flexibility index (Phi) is 3.79. The highest BCUT2D eigenvalue weighted by atomic mass is 79.9. The summed E-state index contributed by atoms with van der Waals surface area (Å²) in [4.78, 5) is 4.74. The average Bonchev–Trinajstić information content (AvgIpc) is 2.59. The predicted molar refractivity (Wildman–Crippen MR) is 99.5 cm³/mol. The van der Waals surface area contributed by atoms with Crippen LogP contribution in [-0.2, 0) is 0 Å². The largest absolute Gasteiger partial charge is 0.495 e. The molecule has 0 saturated heterocycles. The Morgan fingerprint density at radius 2 is 1.52 bits per heavy atom. The molecule has 3 aromatic carbocycles. The fourth-order valence-electron chi connectivity index (χ4n) is 2.80. The summed E-state index contributed by atoms with van der Waals surface area (Å²) in [5.74, 6) is 0.864. The number of rotatable bonds is 2. The second-order valence-corrected chi connectivity index (χ2v) is 7.19. The molecule has 0 radical (unpaired) electrons. The van der Waals surface area contributed by atoms with Crippen LogP contribution < -0.4 is 9.64 Å². The Hall–Kier alpha value is -1.91. The first-order valence-corrected chi connectivity index (χ1v) is 8.88. The van der Waals surface area contributed by atoms with Gasteiger partial charge in [0.15, 0.2) is 0 Å². The van der Waals surface area contributed by atoms with Crippen molar-refractivity contribution in [2.24, 2.45) is 0 Å². The highest BCUT2D eigenvalue weighted by Gasteiger charge is 2.26. The molecule has 2 nitrogen and oxygen atoms in total. The summed E-state index contributed by atoms with van der Waals surface area (Å²) in [6.07, 6.45) is 0. The zero-order chi connectivity index (χ0) is 15.8. The number of anilines is 3. The maximum atomic E-state index is 5.59. The molecule has 0 atom stereocenters. The summed E-state index contributed by atoms with van der Waals surface area (Å²) in [7, 11) is 1.71. The molecule has 0 aliphatic carbocycles. The molecule has 1 heterocycles. The lowest BCUT2D eigenvalue weighted by Gasteiger charge is -2.33. The molecular formula is C19H14BrNOS. The Balaban J connectivity index is 1.99. The third-order valence-corrected chi connectivity index (χ3v) is 5.42. The molecule has 0 fully saturated rings. The van der Waals surface area contributed by atoms with Crippen molar-refractivity contribution in [2.45, 2.75) is 9.79 Å². The van der Waals surface area contributed by atoms with Gasteiger partial charge in [-0.15, -0.1) is 0 Å². The molecule has 23 heavy (non-hydrogen) atoms. The third-order valence-electron chi connectivity index (χ3n) is 3.81. The van der Waals surface area contributed by atoms with Gasteiger partial charge in [-0.1, -0.05) is 52.0 Å². The van der Waals surface area contributed by atoms with Gasteiger partial charge in [0.25, 0.3) is 0 Å². The number of methoxy groups -OCH3 is 1. The van der Waals surface area contributed by atoms with Gasteiger partial charge in [-0.05, 0) is 42.5 Å². The highest BCUT2D eigenvalue weighted by Crippen LogP contribution is 2.53. The zero-order valence-corrected chi connectivity index (χ0v) is 14.9. The lowest BCUT2D eigenvalue weighted by molar-refractivity contribution is 0.416. The fraction of sp³-hybridized carbons (Fsp3) is 0.0526. The van der Waals surface area contributed by atoms with E-state index in [1.54, 1.807) is 18.9 Å². The van der Waals surface area contributed by atoms with Gasteiger partial charge in [-0.2, -0.15) is 0 Å². The molecule has 0 N–H and O–H groups in total. The van der Waals surface area contributed by atoms with Crippen LogP contribution in [0.15, 0.2) is 81.0 Å². The molecule has 114 valence electrons. The van der Waals surface area contributed by atoms with E-state index in [0.717, 1.165) is 15.9 Å². The minimum Gasteiger partial charge on any atom is -0.495 e. The van der Waals surface area contributed by atoms with Crippen LogP contribution in [0, 0.1) is 0 Å². The van der Waals surface area contributed by atoms with Crippen LogP contribution in [0.4, 0.5) is 17.1 Å². The lowest BCUT2D eigenvalue weighted by atomic mass is 10.1. The third kappa shape index (κ3) is 2.52. The molecule has 3 aromatic rings. The fourth-order valence-corrected chi connectivity index (χ4v) is 4.41. The van der Waals surface area contributed by atoms with Gasteiger partial charge in [0.1, 0.15) is 5.75 Å². The molecule has 0 bridgehead atoms. The maximum absolute atomic E-state index is 5.59. The van der Waals surface area contributed by atoms with Crippen molar-refractivity contribution >= 4 is 44.8 Å². The van der Waals surface area contributed by atoms with Gasteiger partial charge in [-0.25, -0.2) is 0 Å². The lowest BCUT2D eigenvalue weighted by Crippen LogP contribution is -2.15. The second-order valence-electron chi connectivity index (χ2n) is 5.19. The summed E-state index contributed by atoms with van der Waals surface area (Å²) >= 11 is 5.37. The van der Waals surface area contributed by atoms with Gasteiger partial charge < -0.3 is 9.64 Å². The molecular weight excluding hydrogens is 370 g/mol. The summed E-state index contributed by atoms with van der Waals surface area (Å²) < 4.78 is 6.68. The summed E-state index contributed by atoms with van der Waals surface area (Å²) in [5, 5.41) is 0. The quantitative estimate of drug-likeness (QED) is 0.397. The standard InChI is InChI=1S/C19H14BrNOS/c1-22-17-8-4-2-6-14(17)21-15-7-3-5-9-18(15)23-19-12-13(20)10-11-16(19)21/h2-12H,1H3. The van der Waals surface area contributed by atoms with Crippen molar-refractivity contribution in [3.63, 3.8) is 0 Å². The van der Waals surface area contributed by atoms with Crippen molar-refractivity contribution in [1.82, 2.24) is 0 Å². The van der Waals surface area contributed by atoms with E-state index >= 15 is 0 Å². The van der Waals surface area contributed by atoms with Crippen molar-refractivity contribution < 1.29 is 4.74 Å². The maximum Gasteiger partial charge on any atom is 0.142 e. The van der Waals surface area contributed by atoms with Gasteiger partial charge in [-0.3, -0.25) is 0 Å². The van der Waals surface area contributed by atoms with Crippen LogP contribution in [0.3, 0.4) is 0 Å². The van der Waals surface area contributed by atoms with Crippen LogP contribution in [0.25, 0.3) is 0 Å². The van der Waals surface area contributed by atoms with E-state index in [1.807, 2.05) is 18.2 Å². The number of hydrogen-bond donors (Lipinski definition) is 0. The van der Waals surface area contributed by atoms with E-state index in [1.165, 1.54) is 21.2 Å². The van der Waals surface area contributed by atoms with Gasteiger partial charge in [0, 0.05) is 14.3 Å². The number of hydrogen-bond acceptors (Lipinski definition) is 3. The van der Waals surface area contributed by atoms with Crippen LogP contribution in [0.5, 0.6) is 5.75 Å². The van der Waals surface area contributed by atoms with Crippen LogP contribution in [0.1, 0.15) is 0 Å². The first-order valence-electron chi connectivity index (χ1n) is 7.27. The van der Waals surface area contributed by atoms with E-state index in [0.29, 0.717) is 0 Å². The van der Waals surface area contributed by atoms with Crippen molar-refractivity contribution in [3.05, 3.63) is 71.2 Å². The molecule has 0 saturated carbocycles. The minimum absolute atomic E-state index is 0.864. The first kappa shape index (κ1) is 14.7. The van der Waals surface area contributed by atoms with E-state index < -0.39 is 0 Å². The van der Waals surface area contributed by atoms with E-state index in [-0.39, 0.29) is 0 Å². The van der Waals surface area contributed by atoms with Crippen molar-refractivity contribution in [2.75, 3.05) is 12.0 Å². The number of nitrogens with zero attached hydrogens (tertiary/aromatic N) is 1. The second kappa shape index (κ2) is 5.95. The van der Waals surface area contributed by atoms with E-state index in [4.69, 9.17) is 4.74 Å². The zero-order valence-electron chi connectivity index (χ0n) is 12.5. The van der Waals surface area contributed by atoms with Gasteiger partial charge >= 0.3 is 0 Å². The van der Waals surface area contributed by atoms with Crippen LogP contribution in [0.2, 0.25) is 0 Å². The Morgan fingerprint density at radius 1 is 0.826 bits per heavy atom. The van der Waals surface area contributed by atoms with E-state index in [9.17, 15) is 0 Å². The first-order chi connectivity index (χ1) is 11.3. The minimum atomic E-state index is 0.864. The van der Waals surface area contributed by atoms with Crippen LogP contribution >= 0.6 is 27.7 Å². The number of para-hydroxylation sites is 3. The predicted octanol–water partition coefficient (Wildman–Crippen LogP) is 6.39. The molecule has 0 spiro atoms. The van der Waals surface area contributed by atoms with Crippen molar-refractivity contribution in [3.8, 4) is 5.75 Å². The molecule has 4 rings (SSSR count). The SMILES string of the molecule is COc1ccccc1N1c2ccccc2Sc2cc(Br)ccc21. The summed E-state index contributed by atoms with van der Waals surface area (Å²) in [6, 6.07) is 23.0. The normalized spacial score (nSPS) is 12.5. The summed E-state index contributed by atoms with van der Waals surface area (Å²) in [5.41, 5.74) is 3.39. The molecule has 0 amide bonds. The van der Waals surface area contributed by atoms with E-state index in [2.05, 4.69) is 69.4 Å². The molecule has 4 heteroatoms. The molecule has 1 aliphatic rings. The number of ether oxygens (including phenoxy) is 1. The summed E-state index contributed by atoms with van der Waals surface area (Å²) in [6.45, 7) is 0. The monoisotopic (exact) mass is 383 g/mol. The Labute approximate surface area is 148 Å². The highest BCUT2D eigenvalue weighted by molar-refractivity contribution is 9.10.